The Balaban J connectivity index is 2.15. The Labute approximate surface area is 116 Å². The highest BCUT2D eigenvalue weighted by atomic mass is 16.5. The predicted octanol–water partition coefficient (Wildman–Crippen LogP) is 2.85. The molecule has 1 unspecified atom stereocenters. The maximum absolute atomic E-state index is 10.7. The fourth-order valence-electron chi connectivity index (χ4n) is 1.78. The number of aliphatic hydroxyl groups is 1. The summed E-state index contributed by atoms with van der Waals surface area (Å²) in [7, 11) is 0. The van der Waals surface area contributed by atoms with Crippen molar-refractivity contribution in [2.75, 3.05) is 0 Å². The Morgan fingerprint density at radius 3 is 2.30 bits per heavy atom. The van der Waals surface area contributed by atoms with Gasteiger partial charge >= 0.3 is 5.97 Å². The molecule has 0 aliphatic carbocycles. The van der Waals surface area contributed by atoms with Gasteiger partial charge in [-0.05, 0) is 43.7 Å². The van der Waals surface area contributed by atoms with Gasteiger partial charge < -0.3 is 19.4 Å². The molecule has 0 spiro atoms. The van der Waals surface area contributed by atoms with E-state index in [1.807, 2.05) is 13.8 Å². The highest BCUT2D eigenvalue weighted by molar-refractivity contribution is 5.84. The van der Waals surface area contributed by atoms with E-state index in [9.17, 15) is 9.90 Å². The maximum atomic E-state index is 10.7. The molecule has 2 N–H and O–H groups in total. The first-order valence-corrected chi connectivity index (χ1v) is 6.25. The number of benzene rings is 1. The standard InChI is InChI=1S/C15H16O5/c1-9(2)19-11-5-3-10(4-6-11)14(16)12-7-8-13(20-12)15(17)18/h3-9,14,16H,1-2H3,(H,17,18). The fraction of sp³-hybridized carbons (Fsp3) is 0.267. The Morgan fingerprint density at radius 1 is 1.15 bits per heavy atom. The van der Waals surface area contributed by atoms with Crippen LogP contribution in [0.1, 0.15) is 41.8 Å². The molecule has 0 saturated carbocycles. The molecule has 5 nitrogen and oxygen atoms in total. The highest BCUT2D eigenvalue weighted by Gasteiger charge is 2.17. The minimum Gasteiger partial charge on any atom is -0.491 e. The quantitative estimate of drug-likeness (QED) is 0.877. The van der Waals surface area contributed by atoms with Crippen molar-refractivity contribution in [2.45, 2.75) is 26.1 Å². The Morgan fingerprint density at radius 2 is 1.80 bits per heavy atom. The molecule has 0 aliphatic heterocycles. The molecule has 0 bridgehead atoms. The van der Waals surface area contributed by atoms with Gasteiger partial charge in [-0.15, -0.1) is 0 Å². The van der Waals surface area contributed by atoms with E-state index in [1.54, 1.807) is 24.3 Å². The van der Waals surface area contributed by atoms with Gasteiger partial charge in [0.15, 0.2) is 0 Å². The van der Waals surface area contributed by atoms with Crippen LogP contribution in [0, 0.1) is 0 Å². The molecule has 1 aromatic heterocycles. The van der Waals surface area contributed by atoms with E-state index >= 15 is 0 Å². The highest BCUT2D eigenvalue weighted by Crippen LogP contribution is 2.25. The lowest BCUT2D eigenvalue weighted by atomic mass is 10.1. The average Bonchev–Trinajstić information content (AvgIpc) is 2.88. The second-order valence-corrected chi connectivity index (χ2v) is 4.65. The molecule has 0 saturated heterocycles. The number of hydrogen-bond acceptors (Lipinski definition) is 4. The Kier molecular flexibility index (Phi) is 4.10. The van der Waals surface area contributed by atoms with E-state index in [0.717, 1.165) is 0 Å². The first kappa shape index (κ1) is 14.1. The smallest absolute Gasteiger partial charge is 0.371 e. The first-order valence-electron chi connectivity index (χ1n) is 6.25. The van der Waals surface area contributed by atoms with Crippen LogP contribution in [0.2, 0.25) is 0 Å². The van der Waals surface area contributed by atoms with Crippen LogP contribution in [0.15, 0.2) is 40.8 Å². The van der Waals surface area contributed by atoms with Crippen molar-refractivity contribution in [2.24, 2.45) is 0 Å². The number of carboxylic acid groups (broad SMARTS) is 1. The van der Waals surface area contributed by atoms with Crippen molar-refractivity contribution in [3.05, 3.63) is 53.5 Å². The van der Waals surface area contributed by atoms with Crippen molar-refractivity contribution >= 4 is 5.97 Å². The van der Waals surface area contributed by atoms with Crippen molar-refractivity contribution in [3.63, 3.8) is 0 Å². The summed E-state index contributed by atoms with van der Waals surface area (Å²) < 4.78 is 10.6. The number of aromatic carboxylic acids is 1. The van der Waals surface area contributed by atoms with E-state index < -0.39 is 12.1 Å². The van der Waals surface area contributed by atoms with E-state index in [-0.39, 0.29) is 17.6 Å². The van der Waals surface area contributed by atoms with Gasteiger partial charge in [-0.1, -0.05) is 12.1 Å². The van der Waals surface area contributed by atoms with Crippen LogP contribution in [0.4, 0.5) is 0 Å². The third-order valence-electron chi connectivity index (χ3n) is 2.67. The molecule has 1 atom stereocenters. The monoisotopic (exact) mass is 276 g/mol. The van der Waals surface area contributed by atoms with Gasteiger partial charge in [-0.25, -0.2) is 4.79 Å². The van der Waals surface area contributed by atoms with Crippen LogP contribution in [0.5, 0.6) is 5.75 Å². The van der Waals surface area contributed by atoms with Gasteiger partial charge in [0.2, 0.25) is 5.76 Å². The molecular weight excluding hydrogens is 260 g/mol. The number of aliphatic hydroxyl groups excluding tert-OH is 1. The zero-order valence-electron chi connectivity index (χ0n) is 11.2. The second-order valence-electron chi connectivity index (χ2n) is 4.65. The lowest BCUT2D eigenvalue weighted by Gasteiger charge is -2.12. The second kappa shape index (κ2) is 5.79. The summed E-state index contributed by atoms with van der Waals surface area (Å²) in [6, 6.07) is 9.69. The molecule has 0 fully saturated rings. The summed E-state index contributed by atoms with van der Waals surface area (Å²) in [5.41, 5.74) is 0.604. The third-order valence-corrected chi connectivity index (χ3v) is 2.67. The van der Waals surface area contributed by atoms with Crippen molar-refractivity contribution in [1.82, 2.24) is 0 Å². The van der Waals surface area contributed by atoms with Gasteiger partial charge in [0.25, 0.3) is 0 Å². The molecule has 0 radical (unpaired) electrons. The van der Waals surface area contributed by atoms with Crippen molar-refractivity contribution in [3.8, 4) is 5.75 Å². The number of carbonyl (C=O) groups is 1. The van der Waals surface area contributed by atoms with Crippen LogP contribution < -0.4 is 4.74 Å². The largest absolute Gasteiger partial charge is 0.491 e. The number of rotatable bonds is 5. The molecule has 5 heteroatoms. The zero-order valence-corrected chi connectivity index (χ0v) is 11.2. The molecule has 1 aromatic carbocycles. The molecule has 2 aromatic rings. The van der Waals surface area contributed by atoms with E-state index in [2.05, 4.69) is 0 Å². The zero-order chi connectivity index (χ0) is 14.7. The number of ether oxygens (including phenoxy) is 1. The van der Waals surface area contributed by atoms with Crippen LogP contribution in [0.25, 0.3) is 0 Å². The summed E-state index contributed by atoms with van der Waals surface area (Å²) in [5.74, 6) is -0.454. The summed E-state index contributed by atoms with van der Waals surface area (Å²) in [6.45, 7) is 3.86. The number of carboxylic acids is 1. The first-order chi connectivity index (χ1) is 9.47. The molecule has 1 heterocycles. The van der Waals surface area contributed by atoms with Gasteiger partial charge in [-0.2, -0.15) is 0 Å². The van der Waals surface area contributed by atoms with Gasteiger partial charge in [-0.3, -0.25) is 0 Å². The third kappa shape index (κ3) is 3.19. The number of hydrogen-bond donors (Lipinski definition) is 2. The predicted molar refractivity (Wildman–Crippen MR) is 71.9 cm³/mol. The molecule has 106 valence electrons. The summed E-state index contributed by atoms with van der Waals surface area (Å²) >= 11 is 0. The molecular formula is C15H16O5. The fourth-order valence-corrected chi connectivity index (χ4v) is 1.78. The molecule has 0 amide bonds. The van der Waals surface area contributed by atoms with E-state index in [1.165, 1.54) is 12.1 Å². The van der Waals surface area contributed by atoms with Crippen LogP contribution in [0.3, 0.4) is 0 Å². The molecule has 0 aliphatic rings. The van der Waals surface area contributed by atoms with Crippen LogP contribution in [-0.2, 0) is 0 Å². The minimum absolute atomic E-state index is 0.0778. The molecule has 2 rings (SSSR count). The van der Waals surface area contributed by atoms with Gasteiger partial charge in [0, 0.05) is 0 Å². The number of furan rings is 1. The summed E-state index contributed by atoms with van der Waals surface area (Å²) in [5, 5.41) is 18.9. The topological polar surface area (TPSA) is 79.9 Å². The van der Waals surface area contributed by atoms with Crippen molar-refractivity contribution < 1.29 is 24.2 Å². The van der Waals surface area contributed by atoms with Gasteiger partial charge in [0.1, 0.15) is 17.6 Å². The van der Waals surface area contributed by atoms with E-state index in [4.69, 9.17) is 14.3 Å². The van der Waals surface area contributed by atoms with E-state index in [0.29, 0.717) is 11.3 Å². The molecule has 20 heavy (non-hydrogen) atoms. The van der Waals surface area contributed by atoms with Crippen LogP contribution in [-0.4, -0.2) is 22.3 Å². The van der Waals surface area contributed by atoms with Gasteiger partial charge in [0.05, 0.1) is 6.10 Å². The van der Waals surface area contributed by atoms with Crippen LogP contribution >= 0.6 is 0 Å². The maximum Gasteiger partial charge on any atom is 0.371 e. The lowest BCUT2D eigenvalue weighted by molar-refractivity contribution is 0.0655. The normalized spacial score (nSPS) is 12.4. The summed E-state index contributed by atoms with van der Waals surface area (Å²) in [6.07, 6.45) is -0.926. The lowest BCUT2D eigenvalue weighted by Crippen LogP contribution is -2.05. The Hall–Kier alpha value is -2.27. The average molecular weight is 276 g/mol. The Bertz CT molecular complexity index is 583. The minimum atomic E-state index is -1.16. The van der Waals surface area contributed by atoms with Crippen molar-refractivity contribution in [1.29, 1.82) is 0 Å². The summed E-state index contributed by atoms with van der Waals surface area (Å²) in [4.78, 5) is 10.7. The SMILES string of the molecule is CC(C)Oc1ccc(C(O)c2ccc(C(=O)O)o2)cc1.